The Labute approximate surface area is 188 Å². The lowest BCUT2D eigenvalue weighted by Gasteiger charge is -2.11. The number of carbonyl (C=O) groups excluding carboxylic acids is 1. The van der Waals surface area contributed by atoms with Gasteiger partial charge in [-0.05, 0) is 50.5 Å². The SMILES string of the molecule is CCNC(=NCCCNC(=O)c1occc1C)NCCc1cccc(Cl)c1.I. The van der Waals surface area contributed by atoms with Crippen LogP contribution in [0.15, 0.2) is 46.0 Å². The molecule has 0 aliphatic heterocycles. The van der Waals surface area contributed by atoms with Gasteiger partial charge in [0.1, 0.15) is 0 Å². The Balaban J connectivity index is 0.00000392. The first-order chi connectivity index (χ1) is 13.1. The minimum absolute atomic E-state index is 0. The number of furan rings is 1. The molecule has 6 nitrogen and oxygen atoms in total. The highest BCUT2D eigenvalue weighted by atomic mass is 127. The standard InChI is InChI=1S/C20H27ClN4O2.HI/c1-3-22-20(25-12-8-16-6-4-7-17(21)14-16)24-11-5-10-23-19(26)18-15(2)9-13-27-18;/h4,6-7,9,13-14H,3,5,8,10-12H2,1-2H3,(H,23,26)(H2,22,24,25);1H. The van der Waals surface area contributed by atoms with Gasteiger partial charge in [-0.25, -0.2) is 0 Å². The third-order valence-corrected chi connectivity index (χ3v) is 4.13. The van der Waals surface area contributed by atoms with E-state index in [0.29, 0.717) is 18.8 Å². The Bertz CT molecular complexity index is 764. The maximum atomic E-state index is 12.0. The first-order valence-corrected chi connectivity index (χ1v) is 9.57. The molecule has 0 spiro atoms. The van der Waals surface area contributed by atoms with Gasteiger partial charge in [0.25, 0.3) is 5.91 Å². The van der Waals surface area contributed by atoms with E-state index < -0.39 is 0 Å². The first kappa shape index (κ1) is 24.3. The Morgan fingerprint density at radius 2 is 2.00 bits per heavy atom. The number of benzene rings is 1. The largest absolute Gasteiger partial charge is 0.459 e. The van der Waals surface area contributed by atoms with Crippen molar-refractivity contribution < 1.29 is 9.21 Å². The van der Waals surface area contributed by atoms with E-state index in [4.69, 9.17) is 16.0 Å². The van der Waals surface area contributed by atoms with Gasteiger partial charge < -0.3 is 20.4 Å². The molecular formula is C20H28ClIN4O2. The quantitative estimate of drug-likeness (QED) is 0.204. The van der Waals surface area contributed by atoms with Crippen LogP contribution in [-0.4, -0.2) is 38.0 Å². The molecule has 0 saturated carbocycles. The van der Waals surface area contributed by atoms with Gasteiger partial charge in [0.05, 0.1) is 6.26 Å². The second-order valence-electron chi connectivity index (χ2n) is 6.11. The fourth-order valence-electron chi connectivity index (χ4n) is 2.52. The van der Waals surface area contributed by atoms with Gasteiger partial charge in [0, 0.05) is 36.8 Å². The lowest BCUT2D eigenvalue weighted by molar-refractivity contribution is 0.0925. The molecule has 0 bridgehead atoms. The highest BCUT2D eigenvalue weighted by molar-refractivity contribution is 14.0. The summed E-state index contributed by atoms with van der Waals surface area (Å²) in [6.07, 6.45) is 3.13. The van der Waals surface area contributed by atoms with Crippen LogP contribution in [0.2, 0.25) is 5.02 Å². The van der Waals surface area contributed by atoms with Crippen LogP contribution in [0.4, 0.5) is 0 Å². The van der Waals surface area contributed by atoms with Crippen molar-refractivity contribution >= 4 is 47.4 Å². The van der Waals surface area contributed by atoms with Crippen LogP contribution in [0.3, 0.4) is 0 Å². The Hall–Kier alpha value is -1.74. The molecule has 2 rings (SSSR count). The first-order valence-electron chi connectivity index (χ1n) is 9.19. The van der Waals surface area contributed by atoms with Crippen LogP contribution in [0, 0.1) is 6.92 Å². The van der Waals surface area contributed by atoms with Crippen LogP contribution < -0.4 is 16.0 Å². The number of hydrogen-bond donors (Lipinski definition) is 3. The molecule has 0 aliphatic rings. The average molecular weight is 519 g/mol. The van der Waals surface area contributed by atoms with E-state index in [0.717, 1.165) is 42.5 Å². The molecule has 8 heteroatoms. The number of nitrogens with one attached hydrogen (secondary N) is 3. The van der Waals surface area contributed by atoms with Gasteiger partial charge in [-0.1, -0.05) is 23.7 Å². The van der Waals surface area contributed by atoms with Crippen LogP contribution in [0.1, 0.15) is 35.0 Å². The number of rotatable bonds is 9. The molecule has 28 heavy (non-hydrogen) atoms. The molecule has 2 aromatic rings. The highest BCUT2D eigenvalue weighted by Crippen LogP contribution is 2.10. The summed E-state index contributed by atoms with van der Waals surface area (Å²) in [7, 11) is 0. The van der Waals surface area contributed by atoms with Gasteiger partial charge in [-0.15, -0.1) is 24.0 Å². The third kappa shape index (κ3) is 8.52. The fraction of sp³-hybridized carbons (Fsp3) is 0.400. The van der Waals surface area contributed by atoms with E-state index in [1.54, 1.807) is 6.07 Å². The smallest absolute Gasteiger partial charge is 0.287 e. The molecule has 154 valence electrons. The van der Waals surface area contributed by atoms with Crippen molar-refractivity contribution in [2.24, 2.45) is 4.99 Å². The molecule has 1 aromatic heterocycles. The summed E-state index contributed by atoms with van der Waals surface area (Å²) in [4.78, 5) is 16.5. The summed E-state index contributed by atoms with van der Waals surface area (Å²) in [5.41, 5.74) is 2.02. The second-order valence-corrected chi connectivity index (χ2v) is 6.55. The van der Waals surface area contributed by atoms with Crippen molar-refractivity contribution in [1.82, 2.24) is 16.0 Å². The van der Waals surface area contributed by atoms with Gasteiger partial charge in [0.15, 0.2) is 11.7 Å². The lowest BCUT2D eigenvalue weighted by Crippen LogP contribution is -2.38. The van der Waals surface area contributed by atoms with E-state index in [1.165, 1.54) is 11.8 Å². The highest BCUT2D eigenvalue weighted by Gasteiger charge is 2.11. The fourth-order valence-corrected chi connectivity index (χ4v) is 2.73. The maximum absolute atomic E-state index is 12.0. The van der Waals surface area contributed by atoms with Crippen LogP contribution >= 0.6 is 35.6 Å². The number of aliphatic imine (C=N–C) groups is 1. The van der Waals surface area contributed by atoms with E-state index in [-0.39, 0.29) is 29.9 Å². The van der Waals surface area contributed by atoms with Crippen molar-refractivity contribution in [2.75, 3.05) is 26.2 Å². The number of aryl methyl sites for hydroxylation is 1. The Kier molecular flexibility index (Phi) is 11.7. The molecule has 0 fully saturated rings. The van der Waals surface area contributed by atoms with Crippen molar-refractivity contribution in [3.05, 3.63) is 58.5 Å². The summed E-state index contributed by atoms with van der Waals surface area (Å²) in [6.45, 7) is 6.59. The van der Waals surface area contributed by atoms with E-state index >= 15 is 0 Å². The van der Waals surface area contributed by atoms with Crippen molar-refractivity contribution in [2.45, 2.75) is 26.7 Å². The zero-order chi connectivity index (χ0) is 19.5. The number of amides is 1. The summed E-state index contributed by atoms with van der Waals surface area (Å²) in [5, 5.41) is 10.1. The summed E-state index contributed by atoms with van der Waals surface area (Å²) >= 11 is 6.01. The van der Waals surface area contributed by atoms with Gasteiger partial charge in [-0.3, -0.25) is 9.79 Å². The van der Waals surface area contributed by atoms with Crippen LogP contribution in [0.25, 0.3) is 0 Å². The van der Waals surface area contributed by atoms with E-state index in [9.17, 15) is 4.79 Å². The number of guanidine groups is 1. The monoisotopic (exact) mass is 518 g/mol. The molecule has 0 radical (unpaired) electrons. The minimum Gasteiger partial charge on any atom is -0.459 e. The van der Waals surface area contributed by atoms with Gasteiger partial charge in [-0.2, -0.15) is 0 Å². The number of halogens is 2. The molecule has 1 amide bonds. The topological polar surface area (TPSA) is 78.7 Å². The predicted molar refractivity (Wildman–Crippen MR) is 125 cm³/mol. The third-order valence-electron chi connectivity index (χ3n) is 3.90. The lowest BCUT2D eigenvalue weighted by atomic mass is 10.1. The Morgan fingerprint density at radius 1 is 1.18 bits per heavy atom. The predicted octanol–water partition coefficient (Wildman–Crippen LogP) is 3.78. The van der Waals surface area contributed by atoms with E-state index in [2.05, 4.69) is 27.0 Å². The van der Waals surface area contributed by atoms with Crippen LogP contribution in [0.5, 0.6) is 0 Å². The van der Waals surface area contributed by atoms with Crippen molar-refractivity contribution in [1.29, 1.82) is 0 Å². The normalized spacial score (nSPS) is 10.9. The molecule has 1 aromatic carbocycles. The number of hydrogen-bond acceptors (Lipinski definition) is 3. The van der Waals surface area contributed by atoms with E-state index in [1.807, 2.05) is 32.0 Å². The molecule has 3 N–H and O–H groups in total. The number of carbonyl (C=O) groups is 1. The molecule has 0 saturated heterocycles. The van der Waals surface area contributed by atoms with Crippen LogP contribution in [-0.2, 0) is 6.42 Å². The molecule has 0 unspecified atom stereocenters. The van der Waals surface area contributed by atoms with Crippen molar-refractivity contribution in [3.63, 3.8) is 0 Å². The van der Waals surface area contributed by atoms with Gasteiger partial charge >= 0.3 is 0 Å². The van der Waals surface area contributed by atoms with Gasteiger partial charge in [0.2, 0.25) is 0 Å². The molecular weight excluding hydrogens is 491 g/mol. The average Bonchev–Trinajstić information content (AvgIpc) is 3.07. The summed E-state index contributed by atoms with van der Waals surface area (Å²) in [5.74, 6) is 0.954. The maximum Gasteiger partial charge on any atom is 0.287 e. The summed E-state index contributed by atoms with van der Waals surface area (Å²) < 4.78 is 5.17. The zero-order valence-electron chi connectivity index (χ0n) is 16.3. The number of nitrogens with zero attached hydrogens (tertiary/aromatic N) is 1. The Morgan fingerprint density at radius 3 is 2.68 bits per heavy atom. The molecule has 1 heterocycles. The summed E-state index contributed by atoms with van der Waals surface area (Å²) in [6, 6.07) is 9.63. The molecule has 0 aliphatic carbocycles. The minimum atomic E-state index is -0.187. The zero-order valence-corrected chi connectivity index (χ0v) is 19.3. The second kappa shape index (κ2) is 13.4. The van der Waals surface area contributed by atoms with Crippen molar-refractivity contribution in [3.8, 4) is 0 Å². The molecule has 0 atom stereocenters.